The van der Waals surface area contributed by atoms with E-state index in [0.717, 1.165) is 22.2 Å². The number of nitrogens with one attached hydrogen (secondary N) is 1. The molecule has 0 aliphatic rings. The average molecular weight is 464 g/mol. The fraction of sp³-hybridized carbons (Fsp3) is 0.391. The van der Waals surface area contributed by atoms with Gasteiger partial charge in [0.1, 0.15) is 18.4 Å². The molecule has 0 unspecified atom stereocenters. The molecule has 32 heavy (non-hydrogen) atoms. The second-order valence-corrected chi connectivity index (χ2v) is 9.82. The number of nitrogens with zero attached hydrogens (tertiary/aromatic N) is 2. The molecule has 0 aliphatic carbocycles. The van der Waals surface area contributed by atoms with Gasteiger partial charge in [0, 0.05) is 12.6 Å². The first-order valence-electron chi connectivity index (χ1n) is 10.4. The minimum absolute atomic E-state index is 0.0446. The minimum atomic E-state index is -3.88. The van der Waals surface area contributed by atoms with Crippen molar-refractivity contribution < 1.29 is 22.4 Å². The van der Waals surface area contributed by atoms with Crippen LogP contribution in [0.1, 0.15) is 26.3 Å². The van der Waals surface area contributed by atoms with Gasteiger partial charge in [0.15, 0.2) is 0 Å². The predicted molar refractivity (Wildman–Crippen MR) is 123 cm³/mol. The Kier molecular flexibility index (Phi) is 8.77. The highest BCUT2D eigenvalue weighted by atomic mass is 32.2. The zero-order valence-electron chi connectivity index (χ0n) is 18.8. The molecule has 0 radical (unpaired) electrons. The summed E-state index contributed by atoms with van der Waals surface area (Å²) in [5.74, 6) is -1.51. The fourth-order valence-corrected chi connectivity index (χ4v) is 4.06. The molecule has 0 bridgehead atoms. The van der Waals surface area contributed by atoms with E-state index in [9.17, 15) is 22.4 Å². The molecule has 1 atom stereocenters. The molecule has 7 nitrogen and oxygen atoms in total. The average Bonchev–Trinajstić information content (AvgIpc) is 2.71. The zero-order chi connectivity index (χ0) is 23.9. The number of rotatable bonds is 10. The van der Waals surface area contributed by atoms with Crippen LogP contribution in [0.25, 0.3) is 0 Å². The summed E-state index contributed by atoms with van der Waals surface area (Å²) in [5.41, 5.74) is 1.02. The number of hydrogen-bond acceptors (Lipinski definition) is 4. The standard InChI is InChI=1S/C23H30FN3O4S/c1-17(2)25-23(29)18(3)26(14-13-19-9-6-5-7-10-19)22(28)16-27(32(4,30)31)21-12-8-11-20(24)15-21/h5-12,15,17-18H,13-14,16H2,1-4H3,(H,25,29)/t18-/m1/s1. The van der Waals surface area contributed by atoms with Crippen LogP contribution in [0.2, 0.25) is 0 Å². The Balaban J connectivity index is 2.30. The van der Waals surface area contributed by atoms with E-state index in [1.807, 2.05) is 44.2 Å². The second kappa shape index (κ2) is 11.1. The molecule has 0 aromatic heterocycles. The molecule has 174 valence electrons. The monoisotopic (exact) mass is 463 g/mol. The van der Waals surface area contributed by atoms with Crippen molar-refractivity contribution >= 4 is 27.5 Å². The van der Waals surface area contributed by atoms with E-state index >= 15 is 0 Å². The zero-order valence-corrected chi connectivity index (χ0v) is 19.6. The summed E-state index contributed by atoms with van der Waals surface area (Å²) in [6.07, 6.45) is 1.44. The van der Waals surface area contributed by atoms with Crippen LogP contribution in [0, 0.1) is 5.82 Å². The summed E-state index contributed by atoms with van der Waals surface area (Å²) in [5, 5.41) is 2.78. The molecule has 0 spiro atoms. The first-order chi connectivity index (χ1) is 15.0. The van der Waals surface area contributed by atoms with E-state index in [1.54, 1.807) is 6.92 Å². The van der Waals surface area contributed by atoms with Crippen molar-refractivity contribution in [1.82, 2.24) is 10.2 Å². The Labute approximate surface area is 189 Å². The summed E-state index contributed by atoms with van der Waals surface area (Å²) in [6.45, 7) is 4.91. The Bertz CT molecular complexity index is 1030. The summed E-state index contributed by atoms with van der Waals surface area (Å²) in [4.78, 5) is 27.2. The normalized spacial score (nSPS) is 12.3. The van der Waals surface area contributed by atoms with E-state index in [0.29, 0.717) is 6.42 Å². The number of carbonyl (C=O) groups excluding carboxylic acids is 2. The lowest BCUT2D eigenvalue weighted by Crippen LogP contribution is -2.53. The molecular formula is C23H30FN3O4S. The van der Waals surface area contributed by atoms with Crippen LogP contribution in [0.3, 0.4) is 0 Å². The Hall–Kier alpha value is -2.94. The van der Waals surface area contributed by atoms with E-state index in [2.05, 4.69) is 5.32 Å². The van der Waals surface area contributed by atoms with E-state index < -0.39 is 34.3 Å². The van der Waals surface area contributed by atoms with Crippen LogP contribution in [-0.2, 0) is 26.0 Å². The first-order valence-corrected chi connectivity index (χ1v) is 12.2. The van der Waals surface area contributed by atoms with Gasteiger partial charge in [-0.1, -0.05) is 36.4 Å². The van der Waals surface area contributed by atoms with Crippen LogP contribution >= 0.6 is 0 Å². The highest BCUT2D eigenvalue weighted by molar-refractivity contribution is 7.92. The molecule has 2 rings (SSSR count). The third-order valence-corrected chi connectivity index (χ3v) is 6.00. The molecule has 9 heteroatoms. The lowest BCUT2D eigenvalue weighted by molar-refractivity contribution is -0.139. The van der Waals surface area contributed by atoms with Gasteiger partial charge in [-0.2, -0.15) is 0 Å². The van der Waals surface area contributed by atoms with E-state index in [4.69, 9.17) is 0 Å². The van der Waals surface area contributed by atoms with Crippen molar-refractivity contribution in [3.63, 3.8) is 0 Å². The van der Waals surface area contributed by atoms with Crippen LogP contribution in [0.15, 0.2) is 54.6 Å². The molecule has 0 heterocycles. The number of hydrogen-bond donors (Lipinski definition) is 1. The Morgan fingerprint density at radius 1 is 1.03 bits per heavy atom. The molecule has 0 saturated heterocycles. The topological polar surface area (TPSA) is 86.8 Å². The van der Waals surface area contributed by atoms with Gasteiger partial charge in [0.05, 0.1) is 11.9 Å². The van der Waals surface area contributed by atoms with Gasteiger partial charge in [0.2, 0.25) is 21.8 Å². The van der Waals surface area contributed by atoms with Gasteiger partial charge in [0.25, 0.3) is 0 Å². The number of benzene rings is 2. The van der Waals surface area contributed by atoms with Crippen molar-refractivity contribution in [1.29, 1.82) is 0 Å². The maximum absolute atomic E-state index is 13.7. The summed E-state index contributed by atoms with van der Waals surface area (Å²) < 4.78 is 39.3. The third-order valence-electron chi connectivity index (χ3n) is 4.86. The van der Waals surface area contributed by atoms with Crippen molar-refractivity contribution in [3.05, 3.63) is 66.0 Å². The molecule has 1 N–H and O–H groups in total. The second-order valence-electron chi connectivity index (χ2n) is 7.91. The number of halogens is 1. The molecule has 0 aliphatic heterocycles. The van der Waals surface area contributed by atoms with Gasteiger partial charge in [-0.3, -0.25) is 13.9 Å². The van der Waals surface area contributed by atoms with Crippen LogP contribution < -0.4 is 9.62 Å². The smallest absolute Gasteiger partial charge is 0.244 e. The van der Waals surface area contributed by atoms with E-state index in [1.165, 1.54) is 23.1 Å². The molecule has 0 saturated carbocycles. The molecular weight excluding hydrogens is 433 g/mol. The minimum Gasteiger partial charge on any atom is -0.352 e. The van der Waals surface area contributed by atoms with Crippen molar-refractivity contribution in [2.75, 3.05) is 23.7 Å². The lowest BCUT2D eigenvalue weighted by atomic mass is 10.1. The van der Waals surface area contributed by atoms with Crippen molar-refractivity contribution in [3.8, 4) is 0 Å². The molecule has 2 amide bonds. The molecule has 2 aromatic carbocycles. The number of carbonyl (C=O) groups is 2. The Morgan fingerprint density at radius 3 is 2.25 bits per heavy atom. The Morgan fingerprint density at radius 2 is 1.69 bits per heavy atom. The number of anilines is 1. The maximum atomic E-state index is 13.7. The molecule has 2 aromatic rings. The van der Waals surface area contributed by atoms with Gasteiger partial charge < -0.3 is 10.2 Å². The van der Waals surface area contributed by atoms with Crippen LogP contribution in [0.4, 0.5) is 10.1 Å². The first kappa shape index (κ1) is 25.3. The van der Waals surface area contributed by atoms with Gasteiger partial charge in [-0.05, 0) is 51.0 Å². The SMILES string of the molecule is CC(C)NC(=O)[C@@H](C)N(CCc1ccccc1)C(=O)CN(c1cccc(F)c1)S(C)(=O)=O. The van der Waals surface area contributed by atoms with Gasteiger partial charge in [-0.15, -0.1) is 0 Å². The van der Waals surface area contributed by atoms with Gasteiger partial charge in [-0.25, -0.2) is 12.8 Å². The predicted octanol–water partition coefficient (Wildman–Crippen LogP) is 2.58. The highest BCUT2D eigenvalue weighted by Gasteiger charge is 2.30. The summed E-state index contributed by atoms with van der Waals surface area (Å²) in [6, 6.07) is 13.6. The number of sulfonamides is 1. The summed E-state index contributed by atoms with van der Waals surface area (Å²) >= 11 is 0. The molecule has 0 fully saturated rings. The van der Waals surface area contributed by atoms with Crippen molar-refractivity contribution in [2.24, 2.45) is 0 Å². The van der Waals surface area contributed by atoms with Crippen LogP contribution in [0.5, 0.6) is 0 Å². The lowest BCUT2D eigenvalue weighted by Gasteiger charge is -2.31. The van der Waals surface area contributed by atoms with Gasteiger partial charge >= 0.3 is 0 Å². The fourth-order valence-electron chi connectivity index (χ4n) is 3.22. The highest BCUT2D eigenvalue weighted by Crippen LogP contribution is 2.19. The third kappa shape index (κ3) is 7.33. The van der Waals surface area contributed by atoms with E-state index in [-0.39, 0.29) is 24.2 Å². The van der Waals surface area contributed by atoms with Crippen molar-refractivity contribution in [2.45, 2.75) is 39.3 Å². The number of amides is 2. The summed E-state index contributed by atoms with van der Waals surface area (Å²) in [7, 11) is -3.88. The largest absolute Gasteiger partial charge is 0.352 e. The quantitative estimate of drug-likeness (QED) is 0.587. The maximum Gasteiger partial charge on any atom is 0.244 e. The van der Waals surface area contributed by atoms with Crippen LogP contribution in [-0.4, -0.2) is 56.6 Å².